The van der Waals surface area contributed by atoms with Crippen molar-refractivity contribution in [3.63, 3.8) is 0 Å². The standard InChI is InChI=1S/C9H11ClN/c1-7-4-5-8(10)6-9(7)11(2)3/h4-6H,1H2,2-3H3. The number of halogens is 1. The van der Waals surface area contributed by atoms with Crippen LogP contribution >= 0.6 is 11.6 Å². The van der Waals surface area contributed by atoms with Gasteiger partial charge >= 0.3 is 0 Å². The number of hydrogen-bond acceptors (Lipinski definition) is 1. The first-order valence-electron chi connectivity index (χ1n) is 3.40. The third-order valence-corrected chi connectivity index (χ3v) is 1.76. The second-order valence-electron chi connectivity index (χ2n) is 2.67. The lowest BCUT2D eigenvalue weighted by Gasteiger charge is -2.15. The molecule has 1 aromatic carbocycles. The zero-order valence-corrected chi connectivity index (χ0v) is 7.52. The predicted octanol–water partition coefficient (Wildman–Crippen LogP) is 2.59. The van der Waals surface area contributed by atoms with Gasteiger partial charge in [-0.3, -0.25) is 0 Å². The summed E-state index contributed by atoms with van der Waals surface area (Å²) in [7, 11) is 3.95. The zero-order chi connectivity index (χ0) is 8.43. The first-order chi connectivity index (χ1) is 5.11. The quantitative estimate of drug-likeness (QED) is 0.623. The summed E-state index contributed by atoms with van der Waals surface area (Å²) < 4.78 is 0. The minimum absolute atomic E-state index is 0.751. The van der Waals surface area contributed by atoms with E-state index in [4.69, 9.17) is 11.6 Å². The van der Waals surface area contributed by atoms with Crippen molar-refractivity contribution in [3.05, 3.63) is 35.7 Å². The van der Waals surface area contributed by atoms with Crippen molar-refractivity contribution >= 4 is 17.3 Å². The lowest BCUT2D eigenvalue weighted by Crippen LogP contribution is -2.09. The molecule has 0 unspecified atom stereocenters. The molecule has 0 N–H and O–H groups in total. The average Bonchev–Trinajstić information content (AvgIpc) is 1.94. The van der Waals surface area contributed by atoms with Crippen molar-refractivity contribution in [1.29, 1.82) is 0 Å². The van der Waals surface area contributed by atoms with Gasteiger partial charge in [-0.05, 0) is 24.6 Å². The predicted molar refractivity (Wildman–Crippen MR) is 50.2 cm³/mol. The molecule has 0 aromatic heterocycles. The SMILES string of the molecule is [CH2]c1ccc(Cl)cc1N(C)C. The van der Waals surface area contributed by atoms with E-state index in [9.17, 15) is 0 Å². The molecule has 0 fully saturated rings. The summed E-state index contributed by atoms with van der Waals surface area (Å²) in [5.74, 6) is 0. The normalized spacial score (nSPS) is 9.82. The average molecular weight is 169 g/mol. The lowest BCUT2D eigenvalue weighted by atomic mass is 10.2. The molecule has 59 valence electrons. The second-order valence-corrected chi connectivity index (χ2v) is 3.10. The van der Waals surface area contributed by atoms with E-state index >= 15 is 0 Å². The molecule has 0 aliphatic heterocycles. The minimum Gasteiger partial charge on any atom is -0.377 e. The fourth-order valence-corrected chi connectivity index (χ4v) is 1.12. The van der Waals surface area contributed by atoms with Crippen LogP contribution in [0, 0.1) is 6.92 Å². The Kier molecular flexibility index (Phi) is 2.40. The molecule has 0 atom stereocenters. The van der Waals surface area contributed by atoms with Crippen LogP contribution in [0.1, 0.15) is 5.56 Å². The van der Waals surface area contributed by atoms with Crippen LogP contribution in [-0.2, 0) is 0 Å². The van der Waals surface area contributed by atoms with E-state index in [-0.39, 0.29) is 0 Å². The van der Waals surface area contributed by atoms with Crippen LogP contribution in [0.4, 0.5) is 5.69 Å². The van der Waals surface area contributed by atoms with Crippen LogP contribution < -0.4 is 4.90 Å². The highest BCUT2D eigenvalue weighted by molar-refractivity contribution is 6.30. The van der Waals surface area contributed by atoms with E-state index in [0.29, 0.717) is 0 Å². The fraction of sp³-hybridized carbons (Fsp3) is 0.222. The third kappa shape index (κ3) is 1.87. The Bertz CT molecular complexity index is 256. The van der Waals surface area contributed by atoms with Gasteiger partial charge in [-0.1, -0.05) is 17.7 Å². The van der Waals surface area contributed by atoms with Gasteiger partial charge in [-0.15, -0.1) is 0 Å². The molecule has 0 saturated heterocycles. The van der Waals surface area contributed by atoms with Crippen LogP contribution in [0.25, 0.3) is 0 Å². The Morgan fingerprint density at radius 3 is 2.45 bits per heavy atom. The molecule has 0 amide bonds. The fourth-order valence-electron chi connectivity index (χ4n) is 0.953. The van der Waals surface area contributed by atoms with Gasteiger partial charge in [0.2, 0.25) is 0 Å². The molecule has 2 heteroatoms. The Hall–Kier alpha value is -0.690. The van der Waals surface area contributed by atoms with Crippen molar-refractivity contribution in [1.82, 2.24) is 0 Å². The highest BCUT2D eigenvalue weighted by atomic mass is 35.5. The summed E-state index contributed by atoms with van der Waals surface area (Å²) in [5, 5.41) is 0.751. The summed E-state index contributed by atoms with van der Waals surface area (Å²) in [5.41, 5.74) is 2.07. The van der Waals surface area contributed by atoms with Crippen molar-refractivity contribution in [3.8, 4) is 0 Å². The van der Waals surface area contributed by atoms with Gasteiger partial charge in [0, 0.05) is 24.8 Å². The Labute approximate surface area is 72.6 Å². The molecular weight excluding hydrogens is 158 g/mol. The summed E-state index contributed by atoms with van der Waals surface area (Å²) >= 11 is 5.81. The first kappa shape index (κ1) is 8.41. The first-order valence-corrected chi connectivity index (χ1v) is 3.78. The van der Waals surface area contributed by atoms with E-state index < -0.39 is 0 Å². The maximum atomic E-state index is 5.81. The Morgan fingerprint density at radius 1 is 1.36 bits per heavy atom. The molecule has 0 heterocycles. The van der Waals surface area contributed by atoms with Crippen molar-refractivity contribution in [2.24, 2.45) is 0 Å². The Balaban J connectivity index is 3.13. The molecule has 1 aromatic rings. The van der Waals surface area contributed by atoms with Gasteiger partial charge in [0.25, 0.3) is 0 Å². The largest absolute Gasteiger partial charge is 0.377 e. The molecule has 0 aliphatic carbocycles. The lowest BCUT2D eigenvalue weighted by molar-refractivity contribution is 1.12. The van der Waals surface area contributed by atoms with Gasteiger partial charge < -0.3 is 4.90 Å². The number of anilines is 1. The maximum absolute atomic E-state index is 5.81. The van der Waals surface area contributed by atoms with Gasteiger partial charge in [0.15, 0.2) is 0 Å². The molecule has 11 heavy (non-hydrogen) atoms. The van der Waals surface area contributed by atoms with Gasteiger partial charge in [0.05, 0.1) is 0 Å². The zero-order valence-electron chi connectivity index (χ0n) is 6.76. The minimum atomic E-state index is 0.751. The van der Waals surface area contributed by atoms with E-state index in [1.807, 2.05) is 37.2 Å². The summed E-state index contributed by atoms with van der Waals surface area (Å²) in [4.78, 5) is 1.99. The maximum Gasteiger partial charge on any atom is 0.0426 e. The van der Waals surface area contributed by atoms with Gasteiger partial charge in [-0.2, -0.15) is 0 Å². The highest BCUT2D eigenvalue weighted by Crippen LogP contribution is 2.21. The van der Waals surface area contributed by atoms with Crippen molar-refractivity contribution in [2.75, 3.05) is 19.0 Å². The molecule has 1 rings (SSSR count). The summed E-state index contributed by atoms with van der Waals surface area (Å²) in [6.45, 7) is 3.88. The highest BCUT2D eigenvalue weighted by Gasteiger charge is 1.99. The van der Waals surface area contributed by atoms with Crippen molar-refractivity contribution < 1.29 is 0 Å². The molecule has 1 radical (unpaired) electrons. The van der Waals surface area contributed by atoms with E-state index in [0.717, 1.165) is 16.3 Å². The number of rotatable bonds is 1. The monoisotopic (exact) mass is 168 g/mol. The molecule has 1 nitrogen and oxygen atoms in total. The van der Waals surface area contributed by atoms with Crippen LogP contribution in [0.3, 0.4) is 0 Å². The summed E-state index contributed by atoms with van der Waals surface area (Å²) in [6.07, 6.45) is 0. The van der Waals surface area contributed by atoms with Crippen molar-refractivity contribution in [2.45, 2.75) is 0 Å². The Morgan fingerprint density at radius 2 is 2.00 bits per heavy atom. The van der Waals surface area contributed by atoms with Crippen LogP contribution in [-0.4, -0.2) is 14.1 Å². The number of nitrogens with zero attached hydrogens (tertiary/aromatic N) is 1. The molecule has 0 saturated carbocycles. The van der Waals surface area contributed by atoms with E-state index in [1.54, 1.807) is 0 Å². The van der Waals surface area contributed by atoms with Crippen LogP contribution in [0.5, 0.6) is 0 Å². The van der Waals surface area contributed by atoms with Crippen LogP contribution in [0.15, 0.2) is 18.2 Å². The van der Waals surface area contributed by atoms with Gasteiger partial charge in [-0.25, -0.2) is 0 Å². The molecule has 0 spiro atoms. The van der Waals surface area contributed by atoms with Crippen LogP contribution in [0.2, 0.25) is 5.02 Å². The number of benzene rings is 1. The van der Waals surface area contributed by atoms with E-state index in [1.165, 1.54) is 0 Å². The summed E-state index contributed by atoms with van der Waals surface area (Å²) in [6, 6.07) is 5.67. The smallest absolute Gasteiger partial charge is 0.0426 e. The topological polar surface area (TPSA) is 3.24 Å². The van der Waals surface area contributed by atoms with E-state index in [2.05, 4.69) is 6.92 Å². The molecular formula is C9H11ClN. The second kappa shape index (κ2) is 3.14. The molecule has 0 bridgehead atoms. The third-order valence-electron chi connectivity index (χ3n) is 1.53. The number of hydrogen-bond donors (Lipinski definition) is 0. The molecule has 0 aliphatic rings. The van der Waals surface area contributed by atoms with Gasteiger partial charge in [0.1, 0.15) is 0 Å².